The summed E-state index contributed by atoms with van der Waals surface area (Å²) in [6.07, 6.45) is 1.05. The van der Waals surface area contributed by atoms with Crippen molar-refractivity contribution >= 4 is 17.3 Å². The topological polar surface area (TPSA) is 60.4 Å². The summed E-state index contributed by atoms with van der Waals surface area (Å²) in [5, 5.41) is 0. The molecule has 0 aromatic carbocycles. The van der Waals surface area contributed by atoms with Crippen LogP contribution in [0.4, 0.5) is 0 Å². The summed E-state index contributed by atoms with van der Waals surface area (Å²) < 4.78 is 5.67. The molecule has 0 aromatic heterocycles. The summed E-state index contributed by atoms with van der Waals surface area (Å²) in [4.78, 5) is 40.7. The van der Waals surface area contributed by atoms with Crippen molar-refractivity contribution in [1.82, 2.24) is 0 Å². The summed E-state index contributed by atoms with van der Waals surface area (Å²) >= 11 is 0. The number of carbonyl (C=O) groups excluding carboxylic acids is 3. The van der Waals surface area contributed by atoms with E-state index in [-0.39, 0.29) is 24.4 Å². The zero-order valence-corrected chi connectivity index (χ0v) is 17.2. The van der Waals surface area contributed by atoms with Crippen LogP contribution in [-0.2, 0) is 19.1 Å². The van der Waals surface area contributed by atoms with Gasteiger partial charge in [0.2, 0.25) is 0 Å². The number of Topliss-reactive ketones (excluding diaryl/α,β-unsaturated/α-hetero) is 3. The number of ketones is 3. The number of methoxy groups -OCH3 is 1. The van der Waals surface area contributed by atoms with Gasteiger partial charge in [-0.15, -0.1) is 6.58 Å². The van der Waals surface area contributed by atoms with E-state index >= 15 is 0 Å². The first-order chi connectivity index (χ1) is 12.4. The Morgan fingerprint density at radius 1 is 1.15 bits per heavy atom. The highest BCUT2D eigenvalue weighted by Gasteiger charge is 2.67. The molecule has 0 spiro atoms. The van der Waals surface area contributed by atoms with Crippen molar-refractivity contribution in [1.29, 1.82) is 0 Å². The lowest BCUT2D eigenvalue weighted by molar-refractivity contribution is -0.158. The molecule has 1 saturated carbocycles. The Balaban J connectivity index is 2.92. The molecule has 0 aliphatic heterocycles. The van der Waals surface area contributed by atoms with E-state index in [1.807, 2.05) is 13.8 Å². The molecule has 2 atom stereocenters. The third-order valence-corrected chi connectivity index (χ3v) is 5.49. The van der Waals surface area contributed by atoms with Crippen molar-refractivity contribution in [2.24, 2.45) is 16.7 Å². The van der Waals surface area contributed by atoms with Gasteiger partial charge >= 0.3 is 0 Å². The molecule has 146 valence electrons. The Morgan fingerprint density at radius 3 is 2.19 bits per heavy atom. The maximum atomic E-state index is 13.8. The molecule has 4 heteroatoms. The number of allylic oxidation sites excluding steroid dienone is 5. The number of rotatable bonds is 7. The Bertz CT molecular complexity index is 791. The molecule has 0 heterocycles. The summed E-state index contributed by atoms with van der Waals surface area (Å²) in [7, 11) is 1.48. The number of hydrogen-bond acceptors (Lipinski definition) is 4. The molecule has 0 saturated heterocycles. The first kappa shape index (κ1) is 21.1. The van der Waals surface area contributed by atoms with E-state index in [4.69, 9.17) is 4.74 Å². The van der Waals surface area contributed by atoms with Crippen molar-refractivity contribution in [3.63, 3.8) is 0 Å². The number of ether oxygens (including phenoxy) is 1. The predicted octanol–water partition coefficient (Wildman–Crippen LogP) is 4.52. The SMILES string of the molecule is C=C(C)CC1=C(OC)[C@]2(CC(=C)C)CC(=C)C[C@](C(=O)C(C)C)(C1=O)C2=O. The summed E-state index contributed by atoms with van der Waals surface area (Å²) in [6.45, 7) is 19.1. The number of hydrogen-bond donors (Lipinski definition) is 0. The van der Waals surface area contributed by atoms with Crippen molar-refractivity contribution in [2.45, 2.75) is 53.4 Å². The second-order valence-electron chi connectivity index (χ2n) is 8.55. The first-order valence-electron chi connectivity index (χ1n) is 9.31. The van der Waals surface area contributed by atoms with Crippen LogP contribution in [0.2, 0.25) is 0 Å². The maximum absolute atomic E-state index is 13.8. The lowest BCUT2D eigenvalue weighted by Crippen LogP contribution is -2.62. The van der Waals surface area contributed by atoms with E-state index in [1.165, 1.54) is 7.11 Å². The Labute approximate surface area is 162 Å². The quantitative estimate of drug-likeness (QED) is 0.488. The summed E-state index contributed by atoms with van der Waals surface area (Å²) in [5.74, 6) is -1.21. The van der Waals surface area contributed by atoms with Gasteiger partial charge in [-0.3, -0.25) is 14.4 Å². The van der Waals surface area contributed by atoms with Gasteiger partial charge in [0, 0.05) is 11.5 Å². The van der Waals surface area contributed by atoms with Crippen LogP contribution in [0.15, 0.2) is 47.8 Å². The largest absolute Gasteiger partial charge is 0.500 e. The van der Waals surface area contributed by atoms with E-state index in [2.05, 4.69) is 19.7 Å². The fraction of sp³-hybridized carbons (Fsp3) is 0.522. The van der Waals surface area contributed by atoms with E-state index in [9.17, 15) is 14.4 Å². The van der Waals surface area contributed by atoms with Crippen molar-refractivity contribution in [2.75, 3.05) is 7.11 Å². The lowest BCUT2D eigenvalue weighted by atomic mass is 9.49. The van der Waals surface area contributed by atoms with Gasteiger partial charge in [-0.05, 0) is 39.5 Å². The second-order valence-corrected chi connectivity index (χ2v) is 8.55. The van der Waals surface area contributed by atoms with E-state index in [0.717, 1.165) is 16.7 Å². The molecule has 0 aromatic rings. The van der Waals surface area contributed by atoms with E-state index in [0.29, 0.717) is 24.2 Å². The smallest absolute Gasteiger partial charge is 0.183 e. The molecule has 0 amide bonds. The van der Waals surface area contributed by atoms with Crippen LogP contribution in [0.25, 0.3) is 0 Å². The van der Waals surface area contributed by atoms with Gasteiger partial charge in [0.1, 0.15) is 5.76 Å². The second kappa shape index (κ2) is 7.06. The average molecular weight is 370 g/mol. The van der Waals surface area contributed by atoms with Gasteiger partial charge in [-0.25, -0.2) is 0 Å². The Hall–Kier alpha value is -2.23. The summed E-state index contributed by atoms with van der Waals surface area (Å²) in [6, 6.07) is 0. The molecule has 2 aliphatic rings. The fourth-order valence-electron chi connectivity index (χ4n) is 4.77. The number of carbonyl (C=O) groups is 3. The maximum Gasteiger partial charge on any atom is 0.183 e. The van der Waals surface area contributed by atoms with E-state index in [1.54, 1.807) is 13.8 Å². The third-order valence-electron chi connectivity index (χ3n) is 5.49. The first-order valence-corrected chi connectivity index (χ1v) is 9.31. The van der Waals surface area contributed by atoms with Gasteiger partial charge in [-0.1, -0.05) is 43.7 Å². The molecule has 1 fully saturated rings. The molecule has 0 radical (unpaired) electrons. The molecule has 27 heavy (non-hydrogen) atoms. The number of fused-ring (bicyclic) bond motifs is 2. The zero-order chi connectivity index (χ0) is 20.7. The molecule has 2 rings (SSSR count). The molecular weight excluding hydrogens is 340 g/mol. The van der Waals surface area contributed by atoms with Crippen LogP contribution in [0, 0.1) is 16.7 Å². The molecule has 2 bridgehead atoms. The van der Waals surface area contributed by atoms with Gasteiger partial charge in [0.15, 0.2) is 22.8 Å². The molecule has 0 unspecified atom stereocenters. The van der Waals surface area contributed by atoms with Crippen molar-refractivity contribution in [3.8, 4) is 0 Å². The van der Waals surface area contributed by atoms with Crippen LogP contribution >= 0.6 is 0 Å². The summed E-state index contributed by atoms with van der Waals surface area (Å²) in [5.41, 5.74) is -0.112. The highest BCUT2D eigenvalue weighted by Crippen LogP contribution is 2.59. The minimum atomic E-state index is -1.70. The molecule has 4 nitrogen and oxygen atoms in total. The van der Waals surface area contributed by atoms with Crippen molar-refractivity contribution in [3.05, 3.63) is 47.8 Å². The Kier molecular flexibility index (Phi) is 5.51. The highest BCUT2D eigenvalue weighted by atomic mass is 16.5. The van der Waals surface area contributed by atoms with Crippen LogP contribution < -0.4 is 0 Å². The Morgan fingerprint density at radius 2 is 1.74 bits per heavy atom. The third kappa shape index (κ3) is 3.05. The fourth-order valence-corrected chi connectivity index (χ4v) is 4.77. The van der Waals surface area contributed by atoms with Gasteiger partial charge in [-0.2, -0.15) is 0 Å². The van der Waals surface area contributed by atoms with Gasteiger partial charge < -0.3 is 4.74 Å². The molecular formula is C23H30O4. The average Bonchev–Trinajstić information content (AvgIpc) is 2.54. The lowest BCUT2D eigenvalue weighted by Gasteiger charge is -2.51. The minimum Gasteiger partial charge on any atom is -0.500 e. The molecule has 2 aliphatic carbocycles. The van der Waals surface area contributed by atoms with E-state index < -0.39 is 22.5 Å². The van der Waals surface area contributed by atoms with Crippen LogP contribution in [0.1, 0.15) is 53.4 Å². The monoisotopic (exact) mass is 370 g/mol. The zero-order valence-electron chi connectivity index (χ0n) is 17.2. The van der Waals surface area contributed by atoms with Crippen LogP contribution in [0.3, 0.4) is 0 Å². The molecule has 0 N–H and O–H groups in total. The van der Waals surface area contributed by atoms with Crippen molar-refractivity contribution < 1.29 is 19.1 Å². The predicted molar refractivity (Wildman–Crippen MR) is 106 cm³/mol. The standard InChI is InChI=1S/C23H30O4/c1-13(2)9-17-19(25)23(18(24)15(5)6)12-16(7)11-22(21(23)26,10-14(3)4)20(17)27-8/h15H,1,3,7,9-12H2,2,4-6,8H3/t22-,23-/m0/s1. The highest BCUT2D eigenvalue weighted by molar-refractivity contribution is 6.33. The van der Waals surface area contributed by atoms with Gasteiger partial charge in [0.25, 0.3) is 0 Å². The minimum absolute atomic E-state index is 0.0797. The van der Waals surface area contributed by atoms with Crippen LogP contribution in [0.5, 0.6) is 0 Å². The van der Waals surface area contributed by atoms with Crippen LogP contribution in [-0.4, -0.2) is 24.5 Å². The normalized spacial score (nSPS) is 27.9. The van der Waals surface area contributed by atoms with Gasteiger partial charge in [0.05, 0.1) is 12.5 Å².